The Morgan fingerprint density at radius 3 is 2.88 bits per heavy atom. The largest absolute Gasteiger partial charge is 0.336 e. The molecule has 92 valence electrons. The number of nitrogens with zero attached hydrogens (tertiary/aromatic N) is 2. The van der Waals surface area contributed by atoms with Crippen LogP contribution < -0.4 is 0 Å². The molecule has 0 radical (unpaired) electrons. The minimum atomic E-state index is 0.0955. The molecule has 2 heterocycles. The predicted octanol–water partition coefficient (Wildman–Crippen LogP) is 2.56. The first-order valence-corrected chi connectivity index (χ1v) is 7.24. The van der Waals surface area contributed by atoms with E-state index >= 15 is 0 Å². The van der Waals surface area contributed by atoms with E-state index in [0.29, 0.717) is 0 Å². The van der Waals surface area contributed by atoms with Gasteiger partial charge in [0.1, 0.15) is 0 Å². The third-order valence-electron chi connectivity index (χ3n) is 3.48. The molecule has 3 rings (SSSR count). The number of thiazole rings is 1. The highest BCUT2D eigenvalue weighted by Gasteiger charge is 2.31. The van der Waals surface area contributed by atoms with Gasteiger partial charge in [0.25, 0.3) is 0 Å². The molecule has 0 bridgehead atoms. The van der Waals surface area contributed by atoms with Crippen molar-refractivity contribution in [2.24, 2.45) is 5.92 Å². The van der Waals surface area contributed by atoms with Crippen molar-refractivity contribution < 1.29 is 4.79 Å². The lowest BCUT2D eigenvalue weighted by Crippen LogP contribution is -2.38. The molecular weight excluding hydrogens is 232 g/mol. The zero-order valence-corrected chi connectivity index (χ0v) is 11.2. The van der Waals surface area contributed by atoms with Crippen LogP contribution in [0.4, 0.5) is 0 Å². The molecule has 17 heavy (non-hydrogen) atoms. The van der Waals surface area contributed by atoms with Crippen molar-refractivity contribution in [3.8, 4) is 0 Å². The van der Waals surface area contributed by atoms with Crippen LogP contribution in [0.15, 0.2) is 0 Å². The molecule has 1 amide bonds. The van der Waals surface area contributed by atoms with Gasteiger partial charge in [0.15, 0.2) is 0 Å². The number of rotatable bonds is 2. The van der Waals surface area contributed by atoms with Crippen molar-refractivity contribution in [2.45, 2.75) is 45.6 Å². The number of fused-ring (bicyclic) bond motifs is 1. The molecule has 0 N–H and O–H groups in total. The summed E-state index contributed by atoms with van der Waals surface area (Å²) in [6.45, 7) is 5.54. The third kappa shape index (κ3) is 2.10. The number of hydrogen-bond donors (Lipinski definition) is 0. The Morgan fingerprint density at radius 1 is 1.47 bits per heavy atom. The van der Waals surface area contributed by atoms with E-state index in [0.717, 1.165) is 31.1 Å². The van der Waals surface area contributed by atoms with E-state index in [-0.39, 0.29) is 11.8 Å². The number of hydrogen-bond acceptors (Lipinski definition) is 3. The second-order valence-corrected chi connectivity index (χ2v) is 6.48. The van der Waals surface area contributed by atoms with E-state index in [2.05, 4.69) is 0 Å². The molecule has 3 nitrogen and oxygen atoms in total. The number of amides is 1. The lowest BCUT2D eigenvalue weighted by atomic mass is 10.1. The normalized spacial score (nSPS) is 19.6. The molecule has 1 aliphatic heterocycles. The van der Waals surface area contributed by atoms with Gasteiger partial charge in [-0.1, -0.05) is 13.8 Å². The summed E-state index contributed by atoms with van der Waals surface area (Å²) in [6, 6.07) is 0. The highest BCUT2D eigenvalue weighted by molar-refractivity contribution is 7.11. The fraction of sp³-hybridized carbons (Fsp3) is 0.692. The summed E-state index contributed by atoms with van der Waals surface area (Å²) in [5, 5.41) is 1.31. The van der Waals surface area contributed by atoms with Gasteiger partial charge >= 0.3 is 0 Å². The maximum atomic E-state index is 12.0. The minimum Gasteiger partial charge on any atom is -0.336 e. The van der Waals surface area contributed by atoms with Gasteiger partial charge in [0, 0.05) is 29.7 Å². The number of aromatic nitrogens is 1. The van der Waals surface area contributed by atoms with E-state index in [1.54, 1.807) is 0 Å². The van der Waals surface area contributed by atoms with Gasteiger partial charge in [0.2, 0.25) is 5.91 Å². The molecule has 0 aromatic carbocycles. The van der Waals surface area contributed by atoms with Crippen LogP contribution in [-0.4, -0.2) is 22.3 Å². The Morgan fingerprint density at radius 2 is 2.24 bits per heavy atom. The molecule has 1 saturated carbocycles. The van der Waals surface area contributed by atoms with E-state index in [1.807, 2.05) is 30.1 Å². The maximum absolute atomic E-state index is 12.0. The van der Waals surface area contributed by atoms with Gasteiger partial charge in [-0.25, -0.2) is 4.98 Å². The molecule has 0 atom stereocenters. The number of carbonyl (C=O) groups is 1. The fourth-order valence-electron chi connectivity index (χ4n) is 2.28. The molecule has 0 spiro atoms. The van der Waals surface area contributed by atoms with Gasteiger partial charge in [-0.3, -0.25) is 4.79 Å². The SMILES string of the molecule is CC(C)C(=O)N1CCc2sc(C3CC3)nc2C1. The van der Waals surface area contributed by atoms with Crippen LogP contribution in [-0.2, 0) is 17.8 Å². The predicted molar refractivity (Wildman–Crippen MR) is 68.0 cm³/mol. The third-order valence-corrected chi connectivity index (χ3v) is 4.80. The highest BCUT2D eigenvalue weighted by atomic mass is 32.1. The lowest BCUT2D eigenvalue weighted by molar-refractivity contribution is -0.135. The average molecular weight is 250 g/mol. The summed E-state index contributed by atoms with van der Waals surface area (Å²) < 4.78 is 0. The van der Waals surface area contributed by atoms with Crippen molar-refractivity contribution in [3.63, 3.8) is 0 Å². The summed E-state index contributed by atoms with van der Waals surface area (Å²) >= 11 is 1.88. The van der Waals surface area contributed by atoms with Gasteiger partial charge in [-0.15, -0.1) is 11.3 Å². The van der Waals surface area contributed by atoms with Crippen molar-refractivity contribution in [1.29, 1.82) is 0 Å². The van der Waals surface area contributed by atoms with Crippen molar-refractivity contribution in [2.75, 3.05) is 6.54 Å². The summed E-state index contributed by atoms with van der Waals surface area (Å²) in [5.74, 6) is 1.09. The molecule has 4 heteroatoms. The maximum Gasteiger partial charge on any atom is 0.225 e. The molecule has 2 aliphatic rings. The highest BCUT2D eigenvalue weighted by Crippen LogP contribution is 2.43. The van der Waals surface area contributed by atoms with Crippen LogP contribution in [0, 0.1) is 5.92 Å². The first kappa shape index (κ1) is 11.2. The van der Waals surface area contributed by atoms with Crippen LogP contribution in [0.1, 0.15) is 48.2 Å². The zero-order chi connectivity index (χ0) is 12.0. The quantitative estimate of drug-likeness (QED) is 0.808. The topological polar surface area (TPSA) is 33.2 Å². The van der Waals surface area contributed by atoms with E-state index in [4.69, 9.17) is 4.98 Å². The standard InChI is InChI=1S/C13H18N2OS/c1-8(2)13(16)15-6-5-11-10(7-15)14-12(17-11)9-3-4-9/h8-9H,3-7H2,1-2H3. The minimum absolute atomic E-state index is 0.0955. The van der Waals surface area contributed by atoms with Gasteiger partial charge in [0.05, 0.1) is 17.2 Å². The van der Waals surface area contributed by atoms with Crippen LogP contribution in [0.3, 0.4) is 0 Å². The fourth-order valence-corrected chi connectivity index (χ4v) is 3.51. The molecule has 0 unspecified atom stereocenters. The number of carbonyl (C=O) groups excluding carboxylic acids is 1. The molecule has 1 fully saturated rings. The van der Waals surface area contributed by atoms with E-state index in [1.165, 1.54) is 22.7 Å². The monoisotopic (exact) mass is 250 g/mol. The van der Waals surface area contributed by atoms with E-state index < -0.39 is 0 Å². The molecule has 1 aromatic heterocycles. The molecule has 1 aliphatic carbocycles. The van der Waals surface area contributed by atoms with Crippen LogP contribution in [0.2, 0.25) is 0 Å². The first-order chi connectivity index (χ1) is 8.15. The Kier molecular flexibility index (Phi) is 2.69. The summed E-state index contributed by atoms with van der Waals surface area (Å²) in [4.78, 5) is 20.1. The Bertz CT molecular complexity index is 448. The van der Waals surface area contributed by atoms with Crippen LogP contribution >= 0.6 is 11.3 Å². The zero-order valence-electron chi connectivity index (χ0n) is 10.4. The second kappa shape index (κ2) is 4.09. The van der Waals surface area contributed by atoms with Crippen molar-refractivity contribution in [1.82, 2.24) is 9.88 Å². The van der Waals surface area contributed by atoms with Crippen molar-refractivity contribution in [3.05, 3.63) is 15.6 Å². The molecule has 1 aromatic rings. The van der Waals surface area contributed by atoms with Gasteiger partial charge < -0.3 is 4.90 Å². The molecular formula is C13H18N2OS. The smallest absolute Gasteiger partial charge is 0.225 e. The Labute approximate surface area is 106 Å². The van der Waals surface area contributed by atoms with Gasteiger partial charge in [-0.2, -0.15) is 0 Å². The summed E-state index contributed by atoms with van der Waals surface area (Å²) in [5.41, 5.74) is 1.16. The Balaban J connectivity index is 1.77. The summed E-state index contributed by atoms with van der Waals surface area (Å²) in [7, 11) is 0. The van der Waals surface area contributed by atoms with Crippen molar-refractivity contribution >= 4 is 17.2 Å². The van der Waals surface area contributed by atoms with Crippen LogP contribution in [0.25, 0.3) is 0 Å². The first-order valence-electron chi connectivity index (χ1n) is 6.42. The van der Waals surface area contributed by atoms with Gasteiger partial charge in [-0.05, 0) is 12.8 Å². The average Bonchev–Trinajstić information content (AvgIpc) is 3.07. The second-order valence-electron chi connectivity index (χ2n) is 5.36. The Hall–Kier alpha value is -0.900. The lowest BCUT2D eigenvalue weighted by Gasteiger charge is -2.27. The summed E-state index contributed by atoms with van der Waals surface area (Å²) in [6.07, 6.45) is 3.61. The molecule has 0 saturated heterocycles. The van der Waals surface area contributed by atoms with Crippen LogP contribution in [0.5, 0.6) is 0 Å². The van der Waals surface area contributed by atoms with E-state index in [9.17, 15) is 4.79 Å².